The average molecular weight is 203 g/mol. The van der Waals surface area contributed by atoms with Crippen molar-refractivity contribution in [1.82, 2.24) is 4.90 Å². The van der Waals surface area contributed by atoms with Crippen LogP contribution in [-0.2, 0) is 4.74 Å². The van der Waals surface area contributed by atoms with Crippen molar-refractivity contribution < 1.29 is 14.6 Å². The molecule has 0 aliphatic carbocycles. The number of nitrogens with zero attached hydrogens (tertiary/aromatic N) is 1. The van der Waals surface area contributed by atoms with Gasteiger partial charge in [0.15, 0.2) is 0 Å². The fourth-order valence-electron chi connectivity index (χ4n) is 1.04. The summed E-state index contributed by atoms with van der Waals surface area (Å²) in [6.45, 7) is 9.60. The second-order valence-electron chi connectivity index (χ2n) is 4.30. The Morgan fingerprint density at radius 2 is 2.00 bits per heavy atom. The van der Waals surface area contributed by atoms with E-state index in [0.29, 0.717) is 6.54 Å². The maximum absolute atomic E-state index is 11.6. The number of amides is 1. The molecule has 0 bridgehead atoms. The summed E-state index contributed by atoms with van der Waals surface area (Å²) in [5, 5.41) is 8.93. The monoisotopic (exact) mass is 203 g/mol. The summed E-state index contributed by atoms with van der Waals surface area (Å²) in [4.78, 5) is 13.1. The molecule has 4 heteroatoms. The Morgan fingerprint density at radius 1 is 1.50 bits per heavy atom. The molecule has 1 atom stereocenters. The summed E-state index contributed by atoms with van der Waals surface area (Å²) in [5.41, 5.74) is -0.486. The smallest absolute Gasteiger partial charge is 0.410 e. The van der Waals surface area contributed by atoms with E-state index in [1.165, 1.54) is 4.90 Å². The van der Waals surface area contributed by atoms with Gasteiger partial charge >= 0.3 is 6.09 Å². The predicted octanol–water partition coefficient (Wildman–Crippen LogP) is 1.62. The number of aliphatic hydroxyl groups excluding tert-OH is 1. The first-order valence-corrected chi connectivity index (χ1v) is 4.92. The molecule has 0 saturated carbocycles. The van der Waals surface area contributed by atoms with Gasteiger partial charge in [0.2, 0.25) is 0 Å². The standard InChI is InChI=1S/C10H21NO3/c1-6-11(8(2)7-12)9(13)14-10(3,4)5/h8,12H,6-7H2,1-5H3/t8-/m1/s1. The SMILES string of the molecule is CCN(C(=O)OC(C)(C)C)[C@H](C)CO. The fraction of sp³-hybridized carbons (Fsp3) is 0.900. The average Bonchev–Trinajstić information content (AvgIpc) is 2.01. The van der Waals surface area contributed by atoms with Crippen LogP contribution < -0.4 is 0 Å². The van der Waals surface area contributed by atoms with Crippen molar-refractivity contribution in [2.75, 3.05) is 13.2 Å². The third-order valence-corrected chi connectivity index (χ3v) is 1.76. The summed E-state index contributed by atoms with van der Waals surface area (Å²) < 4.78 is 5.19. The van der Waals surface area contributed by atoms with Gasteiger partial charge in [-0.2, -0.15) is 0 Å². The van der Waals surface area contributed by atoms with Crippen LogP contribution >= 0.6 is 0 Å². The van der Waals surface area contributed by atoms with E-state index in [0.717, 1.165) is 0 Å². The lowest BCUT2D eigenvalue weighted by molar-refractivity contribution is 0.0130. The van der Waals surface area contributed by atoms with Gasteiger partial charge in [-0.25, -0.2) is 4.79 Å². The molecule has 0 saturated heterocycles. The number of carbonyl (C=O) groups is 1. The van der Waals surface area contributed by atoms with E-state index in [4.69, 9.17) is 9.84 Å². The molecule has 14 heavy (non-hydrogen) atoms. The summed E-state index contributed by atoms with van der Waals surface area (Å²) in [6, 6.07) is -0.199. The van der Waals surface area contributed by atoms with Gasteiger partial charge in [-0.3, -0.25) is 0 Å². The van der Waals surface area contributed by atoms with Crippen molar-refractivity contribution in [2.45, 2.75) is 46.3 Å². The number of hydrogen-bond acceptors (Lipinski definition) is 3. The van der Waals surface area contributed by atoms with Gasteiger partial charge in [0.1, 0.15) is 5.60 Å². The van der Waals surface area contributed by atoms with E-state index in [2.05, 4.69) is 0 Å². The Hall–Kier alpha value is -0.770. The minimum absolute atomic E-state index is 0.0485. The maximum Gasteiger partial charge on any atom is 0.410 e. The van der Waals surface area contributed by atoms with E-state index in [1.807, 2.05) is 27.7 Å². The fourth-order valence-corrected chi connectivity index (χ4v) is 1.04. The van der Waals surface area contributed by atoms with Crippen LogP contribution in [0.4, 0.5) is 4.79 Å². The summed E-state index contributed by atoms with van der Waals surface area (Å²) >= 11 is 0. The third-order valence-electron chi connectivity index (χ3n) is 1.76. The molecule has 0 aliphatic rings. The lowest BCUT2D eigenvalue weighted by Gasteiger charge is -2.29. The Kier molecular flexibility index (Phi) is 4.91. The number of ether oxygens (including phenoxy) is 1. The number of rotatable bonds is 3. The van der Waals surface area contributed by atoms with Crippen molar-refractivity contribution in [1.29, 1.82) is 0 Å². The van der Waals surface area contributed by atoms with Crippen LogP contribution in [0.15, 0.2) is 0 Å². The molecule has 0 fully saturated rings. The van der Waals surface area contributed by atoms with Gasteiger partial charge in [-0.15, -0.1) is 0 Å². The molecule has 1 N–H and O–H groups in total. The van der Waals surface area contributed by atoms with Crippen LogP contribution in [0, 0.1) is 0 Å². The van der Waals surface area contributed by atoms with E-state index >= 15 is 0 Å². The highest BCUT2D eigenvalue weighted by atomic mass is 16.6. The molecule has 0 unspecified atom stereocenters. The Bertz CT molecular complexity index is 186. The number of likely N-dealkylation sites (N-methyl/N-ethyl adjacent to an activating group) is 1. The second kappa shape index (κ2) is 5.20. The minimum atomic E-state index is -0.486. The van der Waals surface area contributed by atoms with Crippen LogP contribution in [0.5, 0.6) is 0 Å². The summed E-state index contributed by atoms with van der Waals surface area (Å²) in [5.74, 6) is 0. The largest absolute Gasteiger partial charge is 0.444 e. The zero-order valence-corrected chi connectivity index (χ0v) is 9.70. The Morgan fingerprint density at radius 3 is 2.29 bits per heavy atom. The molecule has 0 aliphatic heterocycles. The first-order chi connectivity index (χ1) is 6.31. The lowest BCUT2D eigenvalue weighted by atomic mass is 10.2. The Balaban J connectivity index is 4.33. The molecular weight excluding hydrogens is 182 g/mol. The van der Waals surface area contributed by atoms with Crippen LogP contribution in [0.3, 0.4) is 0 Å². The van der Waals surface area contributed by atoms with Crippen molar-refractivity contribution in [3.05, 3.63) is 0 Å². The van der Waals surface area contributed by atoms with Crippen molar-refractivity contribution in [3.8, 4) is 0 Å². The van der Waals surface area contributed by atoms with E-state index in [9.17, 15) is 4.79 Å². The molecule has 0 spiro atoms. The lowest BCUT2D eigenvalue weighted by Crippen LogP contribution is -2.43. The highest BCUT2D eigenvalue weighted by Gasteiger charge is 2.24. The van der Waals surface area contributed by atoms with Crippen molar-refractivity contribution >= 4 is 6.09 Å². The first kappa shape index (κ1) is 13.2. The van der Waals surface area contributed by atoms with E-state index < -0.39 is 5.60 Å². The van der Waals surface area contributed by atoms with Crippen LogP contribution in [-0.4, -0.2) is 40.9 Å². The molecule has 4 nitrogen and oxygen atoms in total. The molecule has 0 aromatic carbocycles. The van der Waals surface area contributed by atoms with Gasteiger partial charge in [0, 0.05) is 6.54 Å². The van der Waals surface area contributed by atoms with Gasteiger partial charge in [0.25, 0.3) is 0 Å². The van der Waals surface area contributed by atoms with Crippen LogP contribution in [0.25, 0.3) is 0 Å². The minimum Gasteiger partial charge on any atom is -0.444 e. The number of hydrogen-bond donors (Lipinski definition) is 1. The van der Waals surface area contributed by atoms with Gasteiger partial charge in [-0.05, 0) is 34.6 Å². The molecule has 0 rings (SSSR count). The Labute approximate surface area is 85.9 Å². The third kappa shape index (κ3) is 4.46. The molecule has 0 aromatic rings. The van der Waals surface area contributed by atoms with Crippen LogP contribution in [0.1, 0.15) is 34.6 Å². The molecular formula is C10H21NO3. The highest BCUT2D eigenvalue weighted by molar-refractivity contribution is 5.68. The van der Waals surface area contributed by atoms with E-state index in [1.54, 1.807) is 6.92 Å². The predicted molar refractivity (Wildman–Crippen MR) is 55.2 cm³/mol. The molecule has 1 amide bonds. The number of aliphatic hydroxyl groups is 1. The van der Waals surface area contributed by atoms with Crippen LogP contribution in [0.2, 0.25) is 0 Å². The van der Waals surface area contributed by atoms with Gasteiger partial charge < -0.3 is 14.7 Å². The quantitative estimate of drug-likeness (QED) is 0.758. The molecule has 0 heterocycles. The maximum atomic E-state index is 11.6. The summed E-state index contributed by atoms with van der Waals surface area (Å²) in [6.07, 6.45) is -0.374. The van der Waals surface area contributed by atoms with Crippen molar-refractivity contribution in [3.63, 3.8) is 0 Å². The van der Waals surface area contributed by atoms with Gasteiger partial charge in [0.05, 0.1) is 12.6 Å². The van der Waals surface area contributed by atoms with E-state index in [-0.39, 0.29) is 18.7 Å². The molecule has 84 valence electrons. The topological polar surface area (TPSA) is 49.8 Å². The highest BCUT2D eigenvalue weighted by Crippen LogP contribution is 2.11. The molecule has 0 radical (unpaired) electrons. The van der Waals surface area contributed by atoms with Crippen molar-refractivity contribution in [2.24, 2.45) is 0 Å². The normalized spacial score (nSPS) is 13.6. The summed E-state index contributed by atoms with van der Waals surface area (Å²) in [7, 11) is 0. The zero-order chi connectivity index (χ0) is 11.4. The second-order valence-corrected chi connectivity index (χ2v) is 4.30. The van der Waals surface area contributed by atoms with Gasteiger partial charge in [-0.1, -0.05) is 0 Å². The molecule has 0 aromatic heterocycles. The zero-order valence-electron chi connectivity index (χ0n) is 9.70. The number of carbonyl (C=O) groups excluding carboxylic acids is 1. The first-order valence-electron chi connectivity index (χ1n) is 4.92.